The van der Waals surface area contributed by atoms with Gasteiger partial charge in [0.25, 0.3) is 5.91 Å². The number of aromatic nitrogens is 3. The molecule has 3 heterocycles. The van der Waals surface area contributed by atoms with Crippen LogP contribution in [0, 0.1) is 0 Å². The van der Waals surface area contributed by atoms with Crippen LogP contribution in [0.2, 0.25) is 0 Å². The Labute approximate surface area is 484 Å². The Balaban J connectivity index is 1.21. The average molecular weight is 1150 g/mol. The van der Waals surface area contributed by atoms with Gasteiger partial charge in [-0.2, -0.15) is 15.0 Å². The number of hydrogen-bond acceptors (Lipinski definition) is 18. The van der Waals surface area contributed by atoms with Crippen molar-refractivity contribution < 1.29 is 57.5 Å². The standard InChI is InChI=1S/C60H79N11O12/c1-57(2,3)80-53(74)62-40-27-41(63-54(75)81-58(4,5)6)32-70(31-40)51-67-50(68-52(69-51)71-33-42(64-55(76)82-59(7,8)9)28-43(34-71)65-56(77)83-60(10,11)12)61-39-23-26-46(47(72)29-39)66-49(73)45-25-24-44(78-35-37-19-15-13-16-20-37)30-48(45)79-36-38-21-17-14-18-22-38/h13-26,29-30,40-43,72H,27-28,31-36H2,1-12H3,(H,62,74)(H,63,75)(H,64,76)(H,65,77)(H,66,73)(H,61,67,68,69)/t40-,41+,42-,43+. The molecule has 23 heteroatoms. The van der Waals surface area contributed by atoms with E-state index in [0.717, 1.165) is 11.1 Å². The summed E-state index contributed by atoms with van der Waals surface area (Å²) in [5.74, 6) is 0.0899. The highest BCUT2D eigenvalue weighted by Gasteiger charge is 2.37. The lowest BCUT2D eigenvalue weighted by molar-refractivity contribution is 0.0452. The smallest absolute Gasteiger partial charge is 0.407 e. The molecule has 0 unspecified atom stereocenters. The van der Waals surface area contributed by atoms with Gasteiger partial charge in [-0.1, -0.05) is 60.7 Å². The van der Waals surface area contributed by atoms with Gasteiger partial charge in [0.1, 0.15) is 52.9 Å². The third-order valence-corrected chi connectivity index (χ3v) is 12.1. The first-order valence-electron chi connectivity index (χ1n) is 27.6. The molecule has 5 amide bonds. The van der Waals surface area contributed by atoms with Crippen LogP contribution in [0.15, 0.2) is 97.1 Å². The van der Waals surface area contributed by atoms with Gasteiger partial charge in [0.05, 0.1) is 35.4 Å². The van der Waals surface area contributed by atoms with Crippen molar-refractivity contribution in [3.63, 3.8) is 0 Å². The van der Waals surface area contributed by atoms with E-state index in [1.54, 1.807) is 117 Å². The molecular formula is C60H79N11O12. The number of benzene rings is 4. The highest BCUT2D eigenvalue weighted by Crippen LogP contribution is 2.33. The molecule has 0 bridgehead atoms. The molecule has 1 aromatic heterocycles. The zero-order valence-corrected chi connectivity index (χ0v) is 49.4. The van der Waals surface area contributed by atoms with E-state index in [1.165, 1.54) is 12.1 Å². The molecule has 7 N–H and O–H groups in total. The third kappa shape index (κ3) is 20.3. The van der Waals surface area contributed by atoms with Crippen molar-refractivity contribution in [2.24, 2.45) is 0 Å². The molecular weight excluding hydrogens is 1070 g/mol. The van der Waals surface area contributed by atoms with Gasteiger partial charge in [-0.25, -0.2) is 19.2 Å². The second-order valence-electron chi connectivity index (χ2n) is 24.4. The normalized spacial score (nSPS) is 17.4. The maximum Gasteiger partial charge on any atom is 0.407 e. The monoisotopic (exact) mass is 1150 g/mol. The third-order valence-electron chi connectivity index (χ3n) is 12.1. The van der Waals surface area contributed by atoms with Gasteiger partial charge in [-0.3, -0.25) is 4.79 Å². The molecule has 83 heavy (non-hydrogen) atoms. The fourth-order valence-electron chi connectivity index (χ4n) is 8.94. The Hall–Kier alpha value is -8.76. The van der Waals surface area contributed by atoms with Gasteiger partial charge in [-0.05, 0) is 131 Å². The number of rotatable bonds is 16. The molecule has 4 atom stereocenters. The number of carbonyl (C=O) groups is 5. The Morgan fingerprint density at radius 1 is 0.518 bits per heavy atom. The average Bonchev–Trinajstić information content (AvgIpc) is 3.54. The minimum atomic E-state index is -0.804. The van der Waals surface area contributed by atoms with Gasteiger partial charge in [0.2, 0.25) is 17.8 Å². The van der Waals surface area contributed by atoms with Crippen LogP contribution in [0.1, 0.15) is 117 Å². The first kappa shape index (κ1) is 61.9. The fourth-order valence-corrected chi connectivity index (χ4v) is 8.94. The van der Waals surface area contributed by atoms with Crippen molar-refractivity contribution in [1.82, 2.24) is 36.2 Å². The molecule has 7 rings (SSSR count). The van der Waals surface area contributed by atoms with E-state index >= 15 is 0 Å². The summed E-state index contributed by atoms with van der Waals surface area (Å²) in [5, 5.41) is 29.3. The van der Waals surface area contributed by atoms with E-state index in [2.05, 4.69) is 31.9 Å². The van der Waals surface area contributed by atoms with Crippen LogP contribution < -0.4 is 51.2 Å². The number of aromatic hydroxyl groups is 1. The summed E-state index contributed by atoms with van der Waals surface area (Å²) < 4.78 is 34.8. The fraction of sp³-hybridized carbons (Fsp3) is 0.467. The van der Waals surface area contributed by atoms with E-state index in [9.17, 15) is 29.1 Å². The molecule has 5 aromatic rings. The molecule has 446 valence electrons. The second kappa shape index (κ2) is 26.4. The van der Waals surface area contributed by atoms with E-state index < -0.39 is 76.9 Å². The molecule has 2 aliphatic rings. The molecule has 0 saturated carbocycles. The van der Waals surface area contributed by atoms with Gasteiger partial charge < -0.3 is 75.2 Å². The molecule has 2 aliphatic heterocycles. The number of hydrogen-bond donors (Lipinski definition) is 7. The van der Waals surface area contributed by atoms with Crippen LogP contribution in [-0.4, -0.2) is 123 Å². The highest BCUT2D eigenvalue weighted by molar-refractivity contribution is 6.07. The zero-order valence-electron chi connectivity index (χ0n) is 49.4. The molecule has 2 saturated heterocycles. The lowest BCUT2D eigenvalue weighted by atomic mass is 10.0. The maximum absolute atomic E-state index is 14.1. The molecule has 4 aromatic carbocycles. The van der Waals surface area contributed by atoms with Crippen LogP contribution in [0.25, 0.3) is 0 Å². The first-order chi connectivity index (χ1) is 39.0. The van der Waals surface area contributed by atoms with Gasteiger partial charge in [0.15, 0.2) is 0 Å². The Bertz CT molecular complexity index is 2870. The maximum atomic E-state index is 14.1. The number of amides is 5. The van der Waals surface area contributed by atoms with Crippen LogP contribution in [-0.2, 0) is 32.2 Å². The highest BCUT2D eigenvalue weighted by atomic mass is 16.6. The minimum Gasteiger partial charge on any atom is -0.506 e. The second-order valence-corrected chi connectivity index (χ2v) is 24.4. The van der Waals surface area contributed by atoms with Crippen molar-refractivity contribution in [1.29, 1.82) is 0 Å². The number of alkyl carbamates (subject to hydrolysis) is 4. The van der Waals surface area contributed by atoms with Crippen molar-refractivity contribution in [3.8, 4) is 17.2 Å². The lowest BCUT2D eigenvalue weighted by Gasteiger charge is -2.40. The number of carbonyl (C=O) groups excluding carboxylic acids is 5. The van der Waals surface area contributed by atoms with E-state index in [1.807, 2.05) is 60.7 Å². The van der Waals surface area contributed by atoms with E-state index in [-0.39, 0.29) is 73.4 Å². The van der Waals surface area contributed by atoms with Gasteiger partial charge in [-0.15, -0.1) is 0 Å². The number of piperidine rings is 2. The summed E-state index contributed by atoms with van der Waals surface area (Å²) in [6, 6.07) is 26.2. The number of nitrogens with one attached hydrogen (secondary N) is 6. The number of ether oxygens (including phenoxy) is 6. The summed E-state index contributed by atoms with van der Waals surface area (Å²) >= 11 is 0. The predicted molar refractivity (Wildman–Crippen MR) is 313 cm³/mol. The lowest BCUT2D eigenvalue weighted by Crippen LogP contribution is -2.59. The summed E-state index contributed by atoms with van der Waals surface area (Å²) in [4.78, 5) is 85.4. The van der Waals surface area contributed by atoms with Crippen LogP contribution >= 0.6 is 0 Å². The predicted octanol–water partition coefficient (Wildman–Crippen LogP) is 9.72. The van der Waals surface area contributed by atoms with Crippen LogP contribution in [0.4, 0.5) is 48.4 Å². The molecule has 2 fully saturated rings. The van der Waals surface area contributed by atoms with Crippen LogP contribution in [0.5, 0.6) is 17.2 Å². The summed E-state index contributed by atoms with van der Waals surface area (Å²) in [6.07, 6.45) is -2.09. The molecule has 0 radical (unpaired) electrons. The number of anilines is 5. The summed E-state index contributed by atoms with van der Waals surface area (Å²) in [5.41, 5.74) is -0.795. The molecule has 23 nitrogen and oxygen atoms in total. The molecule has 0 aliphatic carbocycles. The Morgan fingerprint density at radius 3 is 1.33 bits per heavy atom. The van der Waals surface area contributed by atoms with Gasteiger partial charge in [0, 0.05) is 44.0 Å². The number of nitrogens with zero attached hydrogens (tertiary/aromatic N) is 5. The minimum absolute atomic E-state index is 0.00582. The molecule has 0 spiro atoms. The van der Waals surface area contributed by atoms with Gasteiger partial charge >= 0.3 is 24.4 Å². The Morgan fingerprint density at radius 2 is 0.928 bits per heavy atom. The number of phenolic OH excluding ortho intramolecular Hbond substituents is 1. The largest absolute Gasteiger partial charge is 0.506 e. The summed E-state index contributed by atoms with van der Waals surface area (Å²) in [6.45, 7) is 22.1. The summed E-state index contributed by atoms with van der Waals surface area (Å²) in [7, 11) is 0. The van der Waals surface area contributed by atoms with Crippen molar-refractivity contribution in [2.45, 2.75) is 156 Å². The first-order valence-corrected chi connectivity index (χ1v) is 27.6. The Kier molecular flexibility index (Phi) is 19.7. The van der Waals surface area contributed by atoms with E-state index in [0.29, 0.717) is 30.9 Å². The zero-order chi connectivity index (χ0) is 60.3. The van der Waals surface area contributed by atoms with Crippen molar-refractivity contribution in [2.75, 3.05) is 46.6 Å². The van der Waals surface area contributed by atoms with E-state index in [4.69, 9.17) is 43.4 Å². The SMILES string of the molecule is CC(C)(C)OC(=O)N[C@@H]1C[C@H](NC(=O)OC(C)(C)C)CN(c2nc(Nc3ccc(NC(=O)c4ccc(OCc5ccccc5)cc4OCc4ccccc4)c(O)c3)nc(N3C[C@H](NC(=O)OC(C)(C)C)C[C@H](NC(=O)OC(C)(C)C)C3)n2)C1. The van der Waals surface area contributed by atoms with Crippen molar-refractivity contribution in [3.05, 3.63) is 114 Å². The van der Waals surface area contributed by atoms with Crippen LogP contribution in [0.3, 0.4) is 0 Å². The topological polar surface area (TPSA) is 278 Å². The van der Waals surface area contributed by atoms with Crippen molar-refractivity contribution >= 4 is 59.5 Å². The quantitative estimate of drug-likeness (QED) is 0.0357. The number of phenols is 1.